The van der Waals surface area contributed by atoms with Crippen LogP contribution in [0.15, 0.2) is 54.3 Å². The Kier molecular flexibility index (Phi) is 5.63. The van der Waals surface area contributed by atoms with Gasteiger partial charge in [-0.15, -0.1) is 6.58 Å². The van der Waals surface area contributed by atoms with E-state index >= 15 is 0 Å². The van der Waals surface area contributed by atoms with Gasteiger partial charge < -0.3 is 19.6 Å². The van der Waals surface area contributed by atoms with Crippen molar-refractivity contribution in [2.75, 3.05) is 32.7 Å². The summed E-state index contributed by atoms with van der Waals surface area (Å²) < 4.78 is 12.3. The van der Waals surface area contributed by atoms with Gasteiger partial charge in [0.2, 0.25) is 5.88 Å². The summed E-state index contributed by atoms with van der Waals surface area (Å²) in [5.41, 5.74) is 1.49. The Hall–Kier alpha value is -3.06. The zero-order valence-electron chi connectivity index (χ0n) is 17.5. The fourth-order valence-electron chi connectivity index (χ4n) is 4.03. The van der Waals surface area contributed by atoms with Crippen molar-refractivity contribution in [3.05, 3.63) is 60.3 Å². The van der Waals surface area contributed by atoms with Gasteiger partial charge in [-0.2, -0.15) is 0 Å². The molecule has 1 N–H and O–H groups in total. The Morgan fingerprint density at radius 2 is 2.07 bits per heavy atom. The van der Waals surface area contributed by atoms with Crippen LogP contribution >= 0.6 is 0 Å². The highest BCUT2D eigenvalue weighted by molar-refractivity contribution is 6.00. The van der Waals surface area contributed by atoms with Crippen molar-refractivity contribution in [2.45, 2.75) is 25.9 Å². The van der Waals surface area contributed by atoms with Gasteiger partial charge in [0, 0.05) is 50.9 Å². The van der Waals surface area contributed by atoms with E-state index in [0.29, 0.717) is 23.0 Å². The Morgan fingerprint density at radius 3 is 2.80 bits per heavy atom. The van der Waals surface area contributed by atoms with E-state index in [1.54, 1.807) is 6.20 Å². The van der Waals surface area contributed by atoms with Crippen LogP contribution in [-0.4, -0.2) is 64.2 Å². The van der Waals surface area contributed by atoms with Gasteiger partial charge in [-0.05, 0) is 32.0 Å². The van der Waals surface area contributed by atoms with Crippen LogP contribution in [0.2, 0.25) is 0 Å². The molecule has 1 fully saturated rings. The van der Waals surface area contributed by atoms with Crippen LogP contribution in [0.1, 0.15) is 25.0 Å². The average Bonchev–Trinajstić information content (AvgIpc) is 3.06. The molecule has 2 aromatic rings. The Labute approximate surface area is 177 Å². The molecule has 2 aliphatic rings. The standard InChI is InChI=1S/C23H28N4O3/c1-4-11-26-12-14-27(15-13-26)21(25-28)18-8-6-10-24-22(18)29-19-9-5-7-17-16-23(2,3)30-20(17)19/h4-10,28H,1,11-16H2,2-3H3/b25-21-. The maximum atomic E-state index is 9.82. The van der Waals surface area contributed by atoms with Crippen molar-refractivity contribution in [1.29, 1.82) is 0 Å². The molecule has 0 amide bonds. The summed E-state index contributed by atoms with van der Waals surface area (Å²) >= 11 is 0. The summed E-state index contributed by atoms with van der Waals surface area (Å²) in [5, 5.41) is 13.4. The highest BCUT2D eigenvalue weighted by Gasteiger charge is 2.33. The molecule has 30 heavy (non-hydrogen) atoms. The first-order valence-corrected chi connectivity index (χ1v) is 10.2. The second kappa shape index (κ2) is 8.36. The van der Waals surface area contributed by atoms with Crippen molar-refractivity contribution in [3.63, 3.8) is 0 Å². The summed E-state index contributed by atoms with van der Waals surface area (Å²) in [7, 11) is 0. The quantitative estimate of drug-likeness (QED) is 0.268. The fourth-order valence-corrected chi connectivity index (χ4v) is 4.03. The number of hydrogen-bond acceptors (Lipinski definition) is 6. The molecule has 4 rings (SSSR count). The fraction of sp³-hybridized carbons (Fsp3) is 0.391. The van der Waals surface area contributed by atoms with Crippen molar-refractivity contribution >= 4 is 5.84 Å². The third kappa shape index (κ3) is 4.11. The summed E-state index contributed by atoms with van der Waals surface area (Å²) in [6.45, 7) is 12.0. The van der Waals surface area contributed by atoms with E-state index in [9.17, 15) is 5.21 Å². The molecule has 0 bridgehead atoms. The predicted octanol–water partition coefficient (Wildman–Crippen LogP) is 3.53. The first kappa shape index (κ1) is 20.2. The molecular formula is C23H28N4O3. The molecule has 7 heteroatoms. The number of nitrogens with zero attached hydrogens (tertiary/aromatic N) is 4. The Morgan fingerprint density at radius 1 is 1.27 bits per heavy atom. The monoisotopic (exact) mass is 408 g/mol. The maximum absolute atomic E-state index is 9.82. The molecular weight excluding hydrogens is 380 g/mol. The normalized spacial score (nSPS) is 18.6. The van der Waals surface area contributed by atoms with Gasteiger partial charge in [-0.25, -0.2) is 4.98 Å². The molecule has 7 nitrogen and oxygen atoms in total. The van der Waals surface area contributed by atoms with Crippen molar-refractivity contribution < 1.29 is 14.7 Å². The van der Waals surface area contributed by atoms with Crippen molar-refractivity contribution in [2.24, 2.45) is 5.16 Å². The number of amidine groups is 1. The van der Waals surface area contributed by atoms with Gasteiger partial charge in [-0.3, -0.25) is 4.90 Å². The van der Waals surface area contributed by atoms with E-state index < -0.39 is 0 Å². The van der Waals surface area contributed by atoms with Crippen LogP contribution in [0.3, 0.4) is 0 Å². The van der Waals surface area contributed by atoms with Gasteiger partial charge in [0.15, 0.2) is 17.3 Å². The SMILES string of the molecule is C=CCN1CCN(/C(=N\O)c2cccnc2Oc2cccc3c2OC(C)(C)C3)CC1. The number of aromatic nitrogens is 1. The smallest absolute Gasteiger partial charge is 0.230 e. The zero-order valence-corrected chi connectivity index (χ0v) is 17.5. The molecule has 1 aromatic carbocycles. The van der Waals surface area contributed by atoms with Crippen molar-refractivity contribution in [1.82, 2.24) is 14.8 Å². The van der Waals surface area contributed by atoms with Crippen LogP contribution < -0.4 is 9.47 Å². The summed E-state index contributed by atoms with van der Waals surface area (Å²) in [6, 6.07) is 9.57. The number of hydrogen-bond donors (Lipinski definition) is 1. The third-order valence-corrected chi connectivity index (χ3v) is 5.43. The average molecular weight is 409 g/mol. The number of benzene rings is 1. The molecule has 0 spiro atoms. The largest absolute Gasteiger partial charge is 0.483 e. The molecule has 0 radical (unpaired) electrons. The molecule has 0 unspecified atom stereocenters. The molecule has 1 saturated heterocycles. The lowest BCUT2D eigenvalue weighted by atomic mass is 10.0. The van der Waals surface area contributed by atoms with Crippen LogP contribution in [0, 0.1) is 0 Å². The van der Waals surface area contributed by atoms with Crippen LogP contribution in [-0.2, 0) is 6.42 Å². The maximum Gasteiger partial charge on any atom is 0.230 e. The van der Waals surface area contributed by atoms with Crippen LogP contribution in [0.25, 0.3) is 0 Å². The van der Waals surface area contributed by atoms with E-state index in [4.69, 9.17) is 9.47 Å². The lowest BCUT2D eigenvalue weighted by molar-refractivity contribution is 0.135. The number of pyridine rings is 1. The predicted molar refractivity (Wildman–Crippen MR) is 116 cm³/mol. The molecule has 0 atom stereocenters. The first-order chi connectivity index (χ1) is 14.5. The third-order valence-electron chi connectivity index (χ3n) is 5.43. The van der Waals surface area contributed by atoms with E-state index in [1.807, 2.05) is 30.3 Å². The second-order valence-electron chi connectivity index (χ2n) is 8.24. The lowest BCUT2D eigenvalue weighted by Crippen LogP contribution is -2.49. The van der Waals surface area contributed by atoms with E-state index in [2.05, 4.69) is 46.4 Å². The highest BCUT2D eigenvalue weighted by atomic mass is 16.5. The molecule has 0 saturated carbocycles. The molecule has 158 valence electrons. The Balaban J connectivity index is 1.58. The van der Waals surface area contributed by atoms with Gasteiger partial charge in [0.25, 0.3) is 0 Å². The van der Waals surface area contributed by atoms with Gasteiger partial charge in [-0.1, -0.05) is 23.4 Å². The van der Waals surface area contributed by atoms with Crippen LogP contribution in [0.4, 0.5) is 0 Å². The zero-order chi connectivity index (χ0) is 21.1. The van der Waals surface area contributed by atoms with E-state index in [0.717, 1.165) is 50.5 Å². The number of fused-ring (bicyclic) bond motifs is 1. The minimum Gasteiger partial charge on any atom is -0.483 e. The van der Waals surface area contributed by atoms with Crippen molar-refractivity contribution in [3.8, 4) is 17.4 Å². The Bertz CT molecular complexity index is 949. The number of rotatable bonds is 5. The van der Waals surface area contributed by atoms with Gasteiger partial charge >= 0.3 is 0 Å². The number of piperazine rings is 1. The second-order valence-corrected chi connectivity index (χ2v) is 8.24. The molecule has 0 aliphatic carbocycles. The van der Waals surface area contributed by atoms with E-state index in [1.165, 1.54) is 0 Å². The molecule has 1 aromatic heterocycles. The molecule has 2 aliphatic heterocycles. The summed E-state index contributed by atoms with van der Waals surface area (Å²) in [5.74, 6) is 2.22. The lowest BCUT2D eigenvalue weighted by Gasteiger charge is -2.35. The number of para-hydroxylation sites is 1. The van der Waals surface area contributed by atoms with Gasteiger partial charge in [0.05, 0.1) is 5.56 Å². The van der Waals surface area contributed by atoms with Crippen LogP contribution in [0.5, 0.6) is 17.4 Å². The van der Waals surface area contributed by atoms with Gasteiger partial charge in [0.1, 0.15) is 5.60 Å². The minimum absolute atomic E-state index is 0.266. The summed E-state index contributed by atoms with van der Waals surface area (Å²) in [4.78, 5) is 8.79. The number of oxime groups is 1. The topological polar surface area (TPSA) is 70.4 Å². The summed E-state index contributed by atoms with van der Waals surface area (Å²) in [6.07, 6.45) is 4.40. The highest BCUT2D eigenvalue weighted by Crippen LogP contribution is 2.43. The minimum atomic E-state index is -0.266. The van der Waals surface area contributed by atoms with E-state index in [-0.39, 0.29) is 5.60 Å². The number of ether oxygens (including phenoxy) is 2. The molecule has 3 heterocycles. The first-order valence-electron chi connectivity index (χ1n) is 10.2.